The second-order valence-electron chi connectivity index (χ2n) is 6.14. The molecule has 130 valence electrons. The fourth-order valence-electron chi connectivity index (χ4n) is 3.04. The molecule has 1 aliphatic rings. The number of benzene rings is 1. The predicted molar refractivity (Wildman–Crippen MR) is 97.5 cm³/mol. The Morgan fingerprint density at radius 3 is 2.40 bits per heavy atom. The topological polar surface area (TPSA) is 90.8 Å². The highest BCUT2D eigenvalue weighted by Gasteiger charge is 2.20. The van der Waals surface area contributed by atoms with E-state index in [9.17, 15) is 18.5 Å². The Morgan fingerprint density at radius 1 is 1.16 bits per heavy atom. The van der Waals surface area contributed by atoms with Crippen LogP contribution in [0.3, 0.4) is 0 Å². The Labute approximate surface area is 151 Å². The molecule has 2 aromatic rings. The lowest BCUT2D eigenvalue weighted by Crippen LogP contribution is -2.20. The van der Waals surface area contributed by atoms with Crippen LogP contribution in [0.5, 0.6) is 0 Å². The molecule has 0 unspecified atom stereocenters. The summed E-state index contributed by atoms with van der Waals surface area (Å²) >= 11 is 1.52. The fourth-order valence-corrected chi connectivity index (χ4v) is 4.74. The third-order valence-corrected chi connectivity index (χ3v) is 6.59. The summed E-state index contributed by atoms with van der Waals surface area (Å²) in [5, 5.41) is 10.1. The summed E-state index contributed by atoms with van der Waals surface area (Å²) in [7, 11) is -3.20. The molecule has 0 aliphatic heterocycles. The Kier molecular flexibility index (Phi) is 5.02. The van der Waals surface area contributed by atoms with E-state index in [1.807, 2.05) is 6.07 Å². The summed E-state index contributed by atoms with van der Waals surface area (Å²) in [4.78, 5) is 15.3. The van der Waals surface area contributed by atoms with Crippen molar-refractivity contribution in [3.63, 3.8) is 0 Å². The molecular formula is C18H18N2O3S2. The van der Waals surface area contributed by atoms with E-state index in [2.05, 4.69) is 4.98 Å². The van der Waals surface area contributed by atoms with Crippen molar-refractivity contribution >= 4 is 21.6 Å². The Hall–Kier alpha value is -2.04. The molecule has 0 atom stereocenters. The van der Waals surface area contributed by atoms with Gasteiger partial charge in [0, 0.05) is 12.0 Å². The molecule has 1 heterocycles. The lowest BCUT2D eigenvalue weighted by molar-refractivity contribution is 0.602. The van der Waals surface area contributed by atoms with E-state index in [0.717, 1.165) is 47.4 Å². The molecule has 1 aliphatic carbocycles. The van der Waals surface area contributed by atoms with Crippen LogP contribution in [0.4, 0.5) is 0 Å². The van der Waals surface area contributed by atoms with Gasteiger partial charge in [-0.25, -0.2) is 8.42 Å². The SMILES string of the molecule is CS(=O)(=O)c1ccc(CSc2[nH]c(=O)c(C#N)c3c2CCCC3)cc1. The molecule has 1 aromatic carbocycles. The minimum absolute atomic E-state index is 0.247. The van der Waals surface area contributed by atoms with Crippen molar-refractivity contribution in [1.29, 1.82) is 5.26 Å². The average molecular weight is 374 g/mol. The molecule has 0 saturated carbocycles. The first-order valence-corrected chi connectivity index (χ1v) is 10.9. The standard InChI is InChI=1S/C18H18N2O3S2/c1-25(22,23)13-8-6-12(7-9-13)11-24-18-15-5-3-2-4-14(15)16(10-19)17(21)20-18/h6-9H,2-5,11H2,1H3,(H,20,21). The normalized spacial score (nSPS) is 13.9. The summed E-state index contributed by atoms with van der Waals surface area (Å²) in [6, 6.07) is 8.81. The number of fused-ring (bicyclic) bond motifs is 1. The number of aromatic nitrogens is 1. The lowest BCUT2D eigenvalue weighted by Gasteiger charge is -2.19. The summed E-state index contributed by atoms with van der Waals surface area (Å²) in [5.41, 5.74) is 2.88. The fraction of sp³-hybridized carbons (Fsp3) is 0.333. The molecule has 1 aromatic heterocycles. The van der Waals surface area contributed by atoms with Gasteiger partial charge in [-0.3, -0.25) is 4.79 Å². The average Bonchev–Trinajstić information content (AvgIpc) is 2.59. The van der Waals surface area contributed by atoms with Crippen molar-refractivity contribution in [3.05, 3.63) is 56.9 Å². The second kappa shape index (κ2) is 7.06. The lowest BCUT2D eigenvalue weighted by atomic mass is 9.90. The predicted octanol–water partition coefficient (Wildman–Crippen LogP) is 2.82. The van der Waals surface area contributed by atoms with E-state index in [0.29, 0.717) is 10.6 Å². The molecular weight excluding hydrogens is 356 g/mol. The molecule has 7 heteroatoms. The van der Waals surface area contributed by atoms with Crippen LogP contribution in [-0.2, 0) is 28.4 Å². The first kappa shape index (κ1) is 17.8. The number of nitrogens with one attached hydrogen (secondary N) is 1. The van der Waals surface area contributed by atoms with Crippen LogP contribution >= 0.6 is 11.8 Å². The van der Waals surface area contributed by atoms with E-state index in [1.54, 1.807) is 24.3 Å². The van der Waals surface area contributed by atoms with Gasteiger partial charge in [0.1, 0.15) is 11.6 Å². The van der Waals surface area contributed by atoms with E-state index >= 15 is 0 Å². The van der Waals surface area contributed by atoms with Gasteiger partial charge in [-0.1, -0.05) is 12.1 Å². The molecule has 0 spiro atoms. The summed E-state index contributed by atoms with van der Waals surface area (Å²) in [6.45, 7) is 0. The molecule has 0 amide bonds. The van der Waals surface area contributed by atoms with E-state index < -0.39 is 9.84 Å². The van der Waals surface area contributed by atoms with Crippen LogP contribution in [0.25, 0.3) is 0 Å². The Bertz CT molecular complexity index is 1000. The van der Waals surface area contributed by atoms with Gasteiger partial charge in [0.15, 0.2) is 9.84 Å². The van der Waals surface area contributed by atoms with Gasteiger partial charge in [0.2, 0.25) is 0 Å². The van der Waals surface area contributed by atoms with Crippen LogP contribution < -0.4 is 5.56 Å². The third kappa shape index (κ3) is 3.80. The van der Waals surface area contributed by atoms with Crippen LogP contribution in [0.15, 0.2) is 39.0 Å². The van der Waals surface area contributed by atoms with Gasteiger partial charge >= 0.3 is 0 Å². The highest BCUT2D eigenvalue weighted by molar-refractivity contribution is 7.98. The molecule has 5 nitrogen and oxygen atoms in total. The third-order valence-electron chi connectivity index (χ3n) is 4.34. The van der Waals surface area contributed by atoms with Gasteiger partial charge < -0.3 is 4.98 Å². The minimum atomic E-state index is -3.20. The van der Waals surface area contributed by atoms with Gasteiger partial charge in [0.25, 0.3) is 5.56 Å². The minimum Gasteiger partial charge on any atom is -0.316 e. The number of nitriles is 1. The zero-order chi connectivity index (χ0) is 18.0. The van der Waals surface area contributed by atoms with Gasteiger partial charge in [-0.2, -0.15) is 5.26 Å². The van der Waals surface area contributed by atoms with Crippen LogP contribution in [0.1, 0.15) is 35.1 Å². The van der Waals surface area contributed by atoms with Gasteiger partial charge in [-0.05, 0) is 54.5 Å². The largest absolute Gasteiger partial charge is 0.316 e. The summed E-state index contributed by atoms with van der Waals surface area (Å²) in [6.07, 6.45) is 4.89. The van der Waals surface area contributed by atoms with Crippen molar-refractivity contribution in [1.82, 2.24) is 4.98 Å². The van der Waals surface area contributed by atoms with Crippen molar-refractivity contribution in [2.75, 3.05) is 6.26 Å². The second-order valence-corrected chi connectivity index (χ2v) is 9.14. The van der Waals surface area contributed by atoms with Gasteiger partial charge in [0.05, 0.1) is 9.92 Å². The van der Waals surface area contributed by atoms with Crippen molar-refractivity contribution in [3.8, 4) is 6.07 Å². The molecule has 0 radical (unpaired) electrons. The number of H-pyrrole nitrogens is 1. The molecule has 0 fully saturated rings. The monoisotopic (exact) mass is 374 g/mol. The van der Waals surface area contributed by atoms with E-state index in [4.69, 9.17) is 0 Å². The van der Waals surface area contributed by atoms with Crippen molar-refractivity contribution in [2.24, 2.45) is 0 Å². The molecule has 3 rings (SSSR count). The van der Waals surface area contributed by atoms with Crippen LogP contribution in [0.2, 0.25) is 0 Å². The van der Waals surface area contributed by atoms with E-state index in [-0.39, 0.29) is 11.1 Å². The molecule has 1 N–H and O–H groups in total. The zero-order valence-electron chi connectivity index (χ0n) is 13.8. The van der Waals surface area contributed by atoms with Gasteiger partial charge in [-0.15, -0.1) is 11.8 Å². The number of pyridine rings is 1. The number of aromatic amines is 1. The van der Waals surface area contributed by atoms with Crippen molar-refractivity contribution in [2.45, 2.75) is 41.4 Å². The smallest absolute Gasteiger partial charge is 0.267 e. The number of rotatable bonds is 4. The zero-order valence-corrected chi connectivity index (χ0v) is 15.5. The maximum absolute atomic E-state index is 12.2. The molecule has 0 saturated heterocycles. The van der Waals surface area contributed by atoms with Crippen LogP contribution in [-0.4, -0.2) is 19.7 Å². The maximum atomic E-state index is 12.2. The summed E-state index contributed by atoms with van der Waals surface area (Å²) in [5.74, 6) is 0.623. The Balaban J connectivity index is 1.86. The number of nitrogens with zero attached hydrogens (tertiary/aromatic N) is 1. The first-order chi connectivity index (χ1) is 11.9. The number of sulfone groups is 1. The summed E-state index contributed by atoms with van der Waals surface area (Å²) < 4.78 is 23.0. The van der Waals surface area contributed by atoms with Crippen molar-refractivity contribution < 1.29 is 8.42 Å². The number of hydrogen-bond acceptors (Lipinski definition) is 5. The number of thioether (sulfide) groups is 1. The molecule has 25 heavy (non-hydrogen) atoms. The first-order valence-electron chi connectivity index (χ1n) is 8.00. The van der Waals surface area contributed by atoms with E-state index in [1.165, 1.54) is 18.0 Å². The maximum Gasteiger partial charge on any atom is 0.267 e. The van der Waals surface area contributed by atoms with Crippen LogP contribution in [0, 0.1) is 11.3 Å². The Morgan fingerprint density at radius 2 is 1.80 bits per heavy atom. The highest BCUT2D eigenvalue weighted by atomic mass is 32.2. The molecule has 0 bridgehead atoms. The number of hydrogen-bond donors (Lipinski definition) is 1. The quantitative estimate of drug-likeness (QED) is 0.831. The highest BCUT2D eigenvalue weighted by Crippen LogP contribution is 2.31.